The Kier molecular flexibility index (Phi) is 9.34. The molecule has 0 saturated heterocycles. The number of guanidine groups is 1. The summed E-state index contributed by atoms with van der Waals surface area (Å²) in [5.74, 6) is 1.66. The minimum Gasteiger partial charge on any atom is -0.492 e. The zero-order valence-corrected chi connectivity index (χ0v) is 15.3. The molecule has 0 radical (unpaired) electrons. The number of nitrogens with zero attached hydrogens (tertiary/aromatic N) is 3. The highest BCUT2D eigenvalue weighted by molar-refractivity contribution is 5.86. The van der Waals surface area contributed by atoms with Crippen molar-refractivity contribution in [2.45, 2.75) is 20.8 Å². The Morgan fingerprint density at radius 2 is 1.83 bits per heavy atom. The number of benzene rings is 1. The van der Waals surface area contributed by atoms with E-state index < -0.39 is 0 Å². The molecular formula is C18H30N4O2. The van der Waals surface area contributed by atoms with Crippen LogP contribution in [0, 0.1) is 0 Å². The van der Waals surface area contributed by atoms with Gasteiger partial charge in [-0.3, -0.25) is 4.79 Å². The van der Waals surface area contributed by atoms with E-state index in [1.165, 1.54) is 0 Å². The number of ether oxygens (including phenoxy) is 1. The van der Waals surface area contributed by atoms with Crippen molar-refractivity contribution >= 4 is 11.9 Å². The minimum absolute atomic E-state index is 0.105. The molecule has 0 spiro atoms. The summed E-state index contributed by atoms with van der Waals surface area (Å²) < 4.78 is 5.64. The average molecular weight is 334 g/mol. The molecule has 6 nitrogen and oxygen atoms in total. The van der Waals surface area contributed by atoms with Crippen molar-refractivity contribution in [2.24, 2.45) is 4.99 Å². The van der Waals surface area contributed by atoms with Crippen molar-refractivity contribution in [2.75, 3.05) is 46.4 Å². The lowest BCUT2D eigenvalue weighted by atomic mass is 10.3. The summed E-state index contributed by atoms with van der Waals surface area (Å²) in [5, 5.41) is 3.21. The molecule has 0 aromatic heterocycles. The van der Waals surface area contributed by atoms with Gasteiger partial charge in [0.25, 0.3) is 0 Å². The van der Waals surface area contributed by atoms with Crippen LogP contribution in [-0.4, -0.2) is 68.0 Å². The maximum absolute atomic E-state index is 12.2. The van der Waals surface area contributed by atoms with Crippen LogP contribution in [0.25, 0.3) is 0 Å². The Morgan fingerprint density at radius 3 is 2.42 bits per heavy atom. The van der Waals surface area contributed by atoms with Gasteiger partial charge in [-0.15, -0.1) is 0 Å². The number of nitrogens with one attached hydrogen (secondary N) is 1. The molecule has 1 rings (SSSR count). The largest absolute Gasteiger partial charge is 0.492 e. The molecule has 0 atom stereocenters. The van der Waals surface area contributed by atoms with Gasteiger partial charge in [0.15, 0.2) is 5.96 Å². The van der Waals surface area contributed by atoms with Gasteiger partial charge in [0, 0.05) is 26.7 Å². The number of aliphatic imine (C=N–C) groups is 1. The third-order valence-electron chi connectivity index (χ3n) is 3.55. The van der Waals surface area contributed by atoms with E-state index in [9.17, 15) is 4.79 Å². The van der Waals surface area contributed by atoms with E-state index in [0.29, 0.717) is 19.7 Å². The topological polar surface area (TPSA) is 57.2 Å². The van der Waals surface area contributed by atoms with Crippen LogP contribution >= 0.6 is 0 Å². The van der Waals surface area contributed by atoms with Crippen LogP contribution < -0.4 is 10.1 Å². The zero-order valence-electron chi connectivity index (χ0n) is 15.3. The van der Waals surface area contributed by atoms with Crippen LogP contribution in [0.3, 0.4) is 0 Å². The van der Waals surface area contributed by atoms with Gasteiger partial charge >= 0.3 is 0 Å². The van der Waals surface area contributed by atoms with E-state index in [-0.39, 0.29) is 5.91 Å². The van der Waals surface area contributed by atoms with E-state index >= 15 is 0 Å². The lowest BCUT2D eigenvalue weighted by molar-refractivity contribution is -0.131. The maximum atomic E-state index is 12.2. The van der Waals surface area contributed by atoms with Crippen LogP contribution in [-0.2, 0) is 4.79 Å². The fourth-order valence-electron chi connectivity index (χ4n) is 2.26. The van der Waals surface area contributed by atoms with Crippen LogP contribution in [0.5, 0.6) is 5.75 Å². The van der Waals surface area contributed by atoms with Gasteiger partial charge in [-0.2, -0.15) is 0 Å². The van der Waals surface area contributed by atoms with Gasteiger partial charge in [-0.1, -0.05) is 18.2 Å². The highest BCUT2D eigenvalue weighted by Gasteiger charge is 2.14. The molecule has 1 aromatic rings. The quantitative estimate of drug-likeness (QED) is 0.425. The molecule has 24 heavy (non-hydrogen) atoms. The van der Waals surface area contributed by atoms with E-state index in [1.807, 2.05) is 68.0 Å². The van der Waals surface area contributed by atoms with E-state index in [2.05, 4.69) is 10.3 Å². The second-order valence-corrected chi connectivity index (χ2v) is 5.32. The lowest BCUT2D eigenvalue weighted by Gasteiger charge is -2.25. The fraction of sp³-hybridized carbons (Fsp3) is 0.556. The number of carbonyl (C=O) groups is 1. The van der Waals surface area contributed by atoms with Crippen molar-refractivity contribution in [3.05, 3.63) is 30.3 Å². The summed E-state index contributed by atoms with van der Waals surface area (Å²) in [5.41, 5.74) is 0. The average Bonchev–Trinajstić information content (AvgIpc) is 2.59. The number of hydrogen-bond acceptors (Lipinski definition) is 3. The number of carbonyl (C=O) groups excluding carboxylic acids is 1. The van der Waals surface area contributed by atoms with Gasteiger partial charge in [-0.05, 0) is 32.9 Å². The predicted molar refractivity (Wildman–Crippen MR) is 98.5 cm³/mol. The van der Waals surface area contributed by atoms with Crippen molar-refractivity contribution in [3.8, 4) is 5.75 Å². The molecule has 1 aromatic carbocycles. The summed E-state index contributed by atoms with van der Waals surface area (Å²) in [6, 6.07) is 9.67. The summed E-state index contributed by atoms with van der Waals surface area (Å²) in [4.78, 5) is 20.4. The first-order valence-electron chi connectivity index (χ1n) is 8.57. The molecule has 0 bridgehead atoms. The summed E-state index contributed by atoms with van der Waals surface area (Å²) in [6.45, 7) is 9.52. The van der Waals surface area contributed by atoms with Crippen molar-refractivity contribution < 1.29 is 9.53 Å². The van der Waals surface area contributed by atoms with Crippen molar-refractivity contribution in [1.82, 2.24) is 15.1 Å². The Hall–Kier alpha value is -2.24. The van der Waals surface area contributed by atoms with Gasteiger partial charge in [0.2, 0.25) is 5.91 Å². The molecule has 1 amide bonds. The van der Waals surface area contributed by atoms with Crippen LogP contribution in [0.1, 0.15) is 20.8 Å². The molecular weight excluding hydrogens is 304 g/mol. The lowest BCUT2D eigenvalue weighted by Crippen LogP contribution is -2.45. The third kappa shape index (κ3) is 6.89. The third-order valence-corrected chi connectivity index (χ3v) is 3.55. The van der Waals surface area contributed by atoms with Gasteiger partial charge in [-0.25, -0.2) is 4.99 Å². The molecule has 6 heteroatoms. The summed E-state index contributed by atoms with van der Waals surface area (Å²) in [6.07, 6.45) is 0. The molecule has 0 aliphatic carbocycles. The van der Waals surface area contributed by atoms with E-state index in [4.69, 9.17) is 4.74 Å². The summed E-state index contributed by atoms with van der Waals surface area (Å²) >= 11 is 0. The molecule has 134 valence electrons. The number of para-hydroxylation sites is 1. The first-order chi connectivity index (χ1) is 11.6. The number of likely N-dealkylation sites (N-methyl/N-ethyl adjacent to an activating group) is 2. The Morgan fingerprint density at radius 1 is 1.17 bits per heavy atom. The Balaban J connectivity index is 2.52. The Labute approximate surface area is 145 Å². The minimum atomic E-state index is 0.105. The molecule has 0 fully saturated rings. The highest BCUT2D eigenvalue weighted by atomic mass is 16.5. The molecule has 1 N–H and O–H groups in total. The predicted octanol–water partition coefficient (Wildman–Crippen LogP) is 1.83. The van der Waals surface area contributed by atoms with E-state index in [0.717, 1.165) is 31.3 Å². The Bertz CT molecular complexity index is 501. The number of hydrogen-bond donors (Lipinski definition) is 1. The fourth-order valence-corrected chi connectivity index (χ4v) is 2.26. The van der Waals surface area contributed by atoms with Gasteiger partial charge in [0.05, 0.1) is 13.1 Å². The first-order valence-corrected chi connectivity index (χ1v) is 8.57. The standard InChI is InChI=1S/C18H30N4O2/c1-5-19-18(21(4)15-17(23)22(6-2)7-3)20-13-14-24-16-11-9-8-10-12-16/h8-12H,5-7,13-15H2,1-4H3,(H,19,20). The molecule has 0 aliphatic rings. The SMILES string of the molecule is CCNC(=NCCOc1ccccc1)N(C)CC(=O)N(CC)CC. The molecule has 0 unspecified atom stereocenters. The molecule has 0 aliphatic heterocycles. The summed E-state index contributed by atoms with van der Waals surface area (Å²) in [7, 11) is 1.88. The first kappa shape index (κ1) is 19.8. The van der Waals surface area contributed by atoms with Crippen LogP contribution in [0.2, 0.25) is 0 Å². The van der Waals surface area contributed by atoms with Crippen LogP contribution in [0.15, 0.2) is 35.3 Å². The van der Waals surface area contributed by atoms with Crippen molar-refractivity contribution in [1.29, 1.82) is 0 Å². The van der Waals surface area contributed by atoms with Gasteiger partial charge < -0.3 is 19.9 Å². The monoisotopic (exact) mass is 334 g/mol. The van der Waals surface area contributed by atoms with Crippen LogP contribution in [0.4, 0.5) is 0 Å². The normalized spacial score (nSPS) is 11.1. The zero-order chi connectivity index (χ0) is 17.8. The molecule has 0 saturated carbocycles. The maximum Gasteiger partial charge on any atom is 0.242 e. The highest BCUT2D eigenvalue weighted by Crippen LogP contribution is 2.07. The molecule has 0 heterocycles. The van der Waals surface area contributed by atoms with Crippen molar-refractivity contribution in [3.63, 3.8) is 0 Å². The number of amides is 1. The second-order valence-electron chi connectivity index (χ2n) is 5.32. The second kappa shape index (κ2) is 11.3. The van der Waals surface area contributed by atoms with E-state index in [1.54, 1.807) is 0 Å². The number of rotatable bonds is 9. The smallest absolute Gasteiger partial charge is 0.242 e. The van der Waals surface area contributed by atoms with Gasteiger partial charge in [0.1, 0.15) is 12.4 Å².